The Bertz CT molecular complexity index is 196. The van der Waals surface area contributed by atoms with Crippen molar-refractivity contribution in [2.45, 2.75) is 13.3 Å². The van der Waals surface area contributed by atoms with Crippen molar-refractivity contribution >= 4 is 23.5 Å². The summed E-state index contributed by atoms with van der Waals surface area (Å²) in [6.07, 6.45) is 0.190. The molecule has 0 aromatic heterocycles. The molecule has 0 spiro atoms. The number of rotatable bonds is 3. The van der Waals surface area contributed by atoms with E-state index in [4.69, 9.17) is 5.11 Å². The van der Waals surface area contributed by atoms with E-state index < -0.39 is 11.4 Å². The first-order valence-corrected chi connectivity index (χ1v) is 4.53. The zero-order valence-corrected chi connectivity index (χ0v) is 7.11. The lowest BCUT2D eigenvalue weighted by Gasteiger charge is -2.35. The Morgan fingerprint density at radius 1 is 1.55 bits per heavy atom. The Labute approximate surface area is 69.2 Å². The maximum absolute atomic E-state index is 10.7. The maximum atomic E-state index is 10.7. The third kappa shape index (κ3) is 1.56. The van der Waals surface area contributed by atoms with Gasteiger partial charge in [-0.2, -0.15) is 11.8 Å². The minimum Gasteiger partial charge on any atom is -0.481 e. The molecule has 0 aliphatic carbocycles. The second-order valence-electron chi connectivity index (χ2n) is 2.96. The molecule has 0 unspecified atom stereocenters. The summed E-state index contributed by atoms with van der Waals surface area (Å²) in [6, 6.07) is 0. The van der Waals surface area contributed by atoms with Crippen molar-refractivity contribution in [1.82, 2.24) is 0 Å². The van der Waals surface area contributed by atoms with Crippen LogP contribution < -0.4 is 0 Å². The van der Waals surface area contributed by atoms with Crippen LogP contribution in [0.4, 0.5) is 0 Å². The van der Waals surface area contributed by atoms with Gasteiger partial charge in [0.05, 0.1) is 5.41 Å². The SMILES string of the molecule is CC(=O)CC1(C(=O)O)CSC1. The predicted molar refractivity (Wildman–Crippen MR) is 42.7 cm³/mol. The summed E-state index contributed by atoms with van der Waals surface area (Å²) in [5, 5.41) is 8.77. The van der Waals surface area contributed by atoms with E-state index in [0.717, 1.165) is 0 Å². The number of carboxylic acids is 1. The van der Waals surface area contributed by atoms with Crippen LogP contribution in [-0.4, -0.2) is 28.4 Å². The Morgan fingerprint density at radius 3 is 2.18 bits per heavy atom. The molecule has 1 rings (SSSR count). The summed E-state index contributed by atoms with van der Waals surface area (Å²) in [6.45, 7) is 1.44. The Hall–Kier alpha value is -0.510. The number of hydrogen-bond donors (Lipinski definition) is 1. The van der Waals surface area contributed by atoms with Gasteiger partial charge in [0.15, 0.2) is 0 Å². The summed E-state index contributed by atoms with van der Waals surface area (Å²) in [5.74, 6) is 0.309. The van der Waals surface area contributed by atoms with Crippen LogP contribution in [0, 0.1) is 5.41 Å². The van der Waals surface area contributed by atoms with Crippen molar-refractivity contribution in [3.05, 3.63) is 0 Å². The minimum atomic E-state index is -0.827. The largest absolute Gasteiger partial charge is 0.481 e. The van der Waals surface area contributed by atoms with Gasteiger partial charge in [0.1, 0.15) is 5.78 Å². The van der Waals surface area contributed by atoms with E-state index in [1.807, 2.05) is 0 Å². The van der Waals surface area contributed by atoms with E-state index in [1.165, 1.54) is 6.92 Å². The highest BCUT2D eigenvalue weighted by Gasteiger charge is 2.45. The van der Waals surface area contributed by atoms with Crippen LogP contribution in [0.3, 0.4) is 0 Å². The van der Waals surface area contributed by atoms with Gasteiger partial charge < -0.3 is 5.11 Å². The number of carbonyl (C=O) groups excluding carboxylic acids is 1. The standard InChI is InChI=1S/C7H10O3S/c1-5(8)2-7(6(9)10)3-11-4-7/h2-4H2,1H3,(H,9,10). The number of ketones is 1. The first kappa shape index (κ1) is 8.59. The molecule has 0 radical (unpaired) electrons. The van der Waals surface area contributed by atoms with E-state index in [9.17, 15) is 9.59 Å². The van der Waals surface area contributed by atoms with Gasteiger partial charge >= 0.3 is 5.97 Å². The van der Waals surface area contributed by atoms with E-state index in [-0.39, 0.29) is 12.2 Å². The van der Waals surface area contributed by atoms with Crippen molar-refractivity contribution in [2.24, 2.45) is 5.41 Å². The van der Waals surface area contributed by atoms with Crippen molar-refractivity contribution in [1.29, 1.82) is 0 Å². The molecule has 1 saturated heterocycles. The number of hydrogen-bond acceptors (Lipinski definition) is 3. The molecule has 0 aromatic carbocycles. The Morgan fingerprint density at radius 2 is 2.09 bits per heavy atom. The number of thioether (sulfide) groups is 1. The first-order valence-electron chi connectivity index (χ1n) is 3.37. The molecular formula is C7H10O3S. The van der Waals surface area contributed by atoms with Crippen LogP contribution in [0.2, 0.25) is 0 Å². The van der Waals surface area contributed by atoms with Gasteiger partial charge in [-0.05, 0) is 6.92 Å². The summed E-state index contributed by atoms with van der Waals surface area (Å²) in [5.41, 5.74) is -0.726. The molecule has 1 aliphatic rings. The van der Waals surface area contributed by atoms with Crippen molar-refractivity contribution in [3.8, 4) is 0 Å². The minimum absolute atomic E-state index is 0.0345. The van der Waals surface area contributed by atoms with Gasteiger partial charge in [0.25, 0.3) is 0 Å². The maximum Gasteiger partial charge on any atom is 0.311 e. The van der Waals surface area contributed by atoms with Gasteiger partial charge in [-0.15, -0.1) is 0 Å². The average Bonchev–Trinajstić information content (AvgIpc) is 1.77. The van der Waals surface area contributed by atoms with Crippen LogP contribution in [0.15, 0.2) is 0 Å². The van der Waals surface area contributed by atoms with Gasteiger partial charge in [-0.1, -0.05) is 0 Å². The Balaban J connectivity index is 2.61. The molecule has 1 N–H and O–H groups in total. The van der Waals surface area contributed by atoms with E-state index >= 15 is 0 Å². The average molecular weight is 174 g/mol. The molecule has 1 aliphatic heterocycles. The molecule has 0 saturated carbocycles. The van der Waals surface area contributed by atoms with Gasteiger partial charge in [-0.3, -0.25) is 9.59 Å². The number of carbonyl (C=O) groups is 2. The number of aliphatic carboxylic acids is 1. The van der Waals surface area contributed by atoms with Crippen LogP contribution >= 0.6 is 11.8 Å². The number of carboxylic acid groups (broad SMARTS) is 1. The normalized spacial score (nSPS) is 20.5. The highest BCUT2D eigenvalue weighted by Crippen LogP contribution is 2.41. The lowest BCUT2D eigenvalue weighted by atomic mass is 9.86. The summed E-state index contributed by atoms with van der Waals surface area (Å²) < 4.78 is 0. The Kier molecular flexibility index (Phi) is 2.23. The smallest absolute Gasteiger partial charge is 0.311 e. The second kappa shape index (κ2) is 2.85. The molecule has 4 heteroatoms. The zero-order chi connectivity index (χ0) is 8.48. The van der Waals surface area contributed by atoms with E-state index in [1.54, 1.807) is 11.8 Å². The summed E-state index contributed by atoms with van der Waals surface area (Å²) in [7, 11) is 0. The van der Waals surface area contributed by atoms with Crippen LogP contribution in [0.5, 0.6) is 0 Å². The zero-order valence-electron chi connectivity index (χ0n) is 6.29. The first-order chi connectivity index (χ1) is 5.07. The highest BCUT2D eigenvalue weighted by atomic mass is 32.2. The molecule has 0 bridgehead atoms. The molecule has 0 atom stereocenters. The molecule has 11 heavy (non-hydrogen) atoms. The second-order valence-corrected chi connectivity index (χ2v) is 3.94. The summed E-state index contributed by atoms with van der Waals surface area (Å²) >= 11 is 1.58. The van der Waals surface area contributed by atoms with Crippen molar-refractivity contribution in [3.63, 3.8) is 0 Å². The fourth-order valence-electron chi connectivity index (χ4n) is 1.13. The van der Waals surface area contributed by atoms with Crippen molar-refractivity contribution < 1.29 is 14.7 Å². The molecule has 0 aromatic rings. The lowest BCUT2D eigenvalue weighted by molar-refractivity contribution is -0.149. The molecule has 62 valence electrons. The fourth-order valence-corrected chi connectivity index (χ4v) is 2.27. The van der Waals surface area contributed by atoms with Crippen LogP contribution in [-0.2, 0) is 9.59 Å². The quantitative estimate of drug-likeness (QED) is 0.687. The third-order valence-electron chi connectivity index (χ3n) is 1.80. The van der Waals surface area contributed by atoms with Crippen molar-refractivity contribution in [2.75, 3.05) is 11.5 Å². The molecule has 0 amide bonds. The van der Waals surface area contributed by atoms with Gasteiger partial charge in [0.2, 0.25) is 0 Å². The lowest BCUT2D eigenvalue weighted by Crippen LogP contribution is -2.44. The third-order valence-corrected chi connectivity index (χ3v) is 3.31. The van der Waals surface area contributed by atoms with Crippen LogP contribution in [0.25, 0.3) is 0 Å². The molecule has 1 heterocycles. The molecular weight excluding hydrogens is 164 g/mol. The molecule has 3 nitrogen and oxygen atoms in total. The van der Waals surface area contributed by atoms with Crippen LogP contribution in [0.1, 0.15) is 13.3 Å². The monoisotopic (exact) mass is 174 g/mol. The van der Waals surface area contributed by atoms with Gasteiger partial charge in [0, 0.05) is 17.9 Å². The molecule has 1 fully saturated rings. The van der Waals surface area contributed by atoms with Gasteiger partial charge in [-0.25, -0.2) is 0 Å². The highest BCUT2D eigenvalue weighted by molar-refractivity contribution is 8.00. The topological polar surface area (TPSA) is 54.4 Å². The van der Waals surface area contributed by atoms with E-state index in [0.29, 0.717) is 11.5 Å². The number of Topliss-reactive ketones (excluding diaryl/α,β-unsaturated/α-hetero) is 1. The fraction of sp³-hybridized carbons (Fsp3) is 0.714. The predicted octanol–water partition coefficient (Wildman–Crippen LogP) is 0.783. The van der Waals surface area contributed by atoms with E-state index in [2.05, 4.69) is 0 Å². The summed E-state index contributed by atoms with van der Waals surface area (Å²) in [4.78, 5) is 21.4.